The number of hydrogen-bond acceptors (Lipinski definition) is 3. The van der Waals surface area contributed by atoms with Crippen LogP contribution in [0.2, 0.25) is 5.02 Å². The number of halogens is 1. The molecular formula is C20H22ClN3O2. The standard InChI is InChI=1S/C20H22ClN3O2/c1-13(15-6-4-5-7-16(15)21)24(3)20(26)14-8-9-18-17(12-14)22-19(25)10-11-23(18)2/h4-9,12-13H,10-11H2,1-3H3,(H,22,25). The van der Waals surface area contributed by atoms with E-state index in [4.69, 9.17) is 11.6 Å². The molecule has 0 saturated carbocycles. The number of carbonyl (C=O) groups excluding carboxylic acids is 2. The van der Waals surface area contributed by atoms with Crippen molar-refractivity contribution in [1.29, 1.82) is 0 Å². The highest BCUT2D eigenvalue weighted by Gasteiger charge is 2.23. The van der Waals surface area contributed by atoms with Crippen LogP contribution < -0.4 is 10.2 Å². The lowest BCUT2D eigenvalue weighted by atomic mass is 10.1. The monoisotopic (exact) mass is 371 g/mol. The van der Waals surface area contributed by atoms with Gasteiger partial charge in [-0.3, -0.25) is 9.59 Å². The smallest absolute Gasteiger partial charge is 0.254 e. The molecule has 1 N–H and O–H groups in total. The third-order valence-electron chi connectivity index (χ3n) is 4.86. The summed E-state index contributed by atoms with van der Waals surface area (Å²) < 4.78 is 0. The van der Waals surface area contributed by atoms with Crippen LogP contribution in [0.25, 0.3) is 0 Å². The fraction of sp³-hybridized carbons (Fsp3) is 0.300. The van der Waals surface area contributed by atoms with Crippen LogP contribution in [0.4, 0.5) is 11.4 Å². The SMILES string of the molecule is CC(c1ccccc1Cl)N(C)C(=O)c1ccc2c(c1)NC(=O)CCN2C. The fourth-order valence-electron chi connectivity index (χ4n) is 3.11. The Hall–Kier alpha value is -2.53. The molecule has 6 heteroatoms. The highest BCUT2D eigenvalue weighted by atomic mass is 35.5. The average Bonchev–Trinajstić information content (AvgIpc) is 2.78. The van der Waals surface area contributed by atoms with Gasteiger partial charge in [-0.15, -0.1) is 0 Å². The van der Waals surface area contributed by atoms with Crippen LogP contribution in [0, 0.1) is 0 Å². The predicted molar refractivity (Wildman–Crippen MR) is 105 cm³/mol. The lowest BCUT2D eigenvalue weighted by molar-refractivity contribution is -0.115. The predicted octanol–water partition coefficient (Wildman–Crippen LogP) is 3.95. The molecule has 0 spiro atoms. The zero-order valence-electron chi connectivity index (χ0n) is 15.1. The van der Waals surface area contributed by atoms with Gasteiger partial charge in [0, 0.05) is 37.6 Å². The third-order valence-corrected chi connectivity index (χ3v) is 5.20. The van der Waals surface area contributed by atoms with Crippen molar-refractivity contribution in [3.8, 4) is 0 Å². The first-order valence-electron chi connectivity index (χ1n) is 8.55. The topological polar surface area (TPSA) is 52.7 Å². The van der Waals surface area contributed by atoms with Gasteiger partial charge in [0.25, 0.3) is 5.91 Å². The summed E-state index contributed by atoms with van der Waals surface area (Å²) in [7, 11) is 3.69. The number of hydrogen-bond donors (Lipinski definition) is 1. The molecule has 0 aromatic heterocycles. The van der Waals surface area contributed by atoms with Crippen molar-refractivity contribution in [1.82, 2.24) is 4.90 Å². The normalized spacial score (nSPS) is 14.9. The molecule has 0 fully saturated rings. The summed E-state index contributed by atoms with van der Waals surface area (Å²) in [6.07, 6.45) is 0.428. The molecule has 1 heterocycles. The van der Waals surface area contributed by atoms with Crippen molar-refractivity contribution in [2.24, 2.45) is 0 Å². The Balaban J connectivity index is 1.88. The summed E-state index contributed by atoms with van der Waals surface area (Å²) in [4.78, 5) is 28.5. The first-order valence-corrected chi connectivity index (χ1v) is 8.93. The van der Waals surface area contributed by atoms with E-state index in [1.807, 2.05) is 49.2 Å². The molecule has 5 nitrogen and oxygen atoms in total. The average molecular weight is 372 g/mol. The second kappa shape index (κ2) is 7.38. The minimum absolute atomic E-state index is 0.0435. The third kappa shape index (κ3) is 3.53. The zero-order chi connectivity index (χ0) is 18.8. The maximum atomic E-state index is 13.0. The molecule has 2 amide bonds. The molecule has 0 aliphatic carbocycles. The Morgan fingerprint density at radius 1 is 1.27 bits per heavy atom. The van der Waals surface area contributed by atoms with Gasteiger partial charge in [0.2, 0.25) is 5.91 Å². The van der Waals surface area contributed by atoms with Crippen LogP contribution in [-0.2, 0) is 4.79 Å². The number of benzene rings is 2. The molecule has 1 atom stereocenters. The van der Waals surface area contributed by atoms with Crippen LogP contribution in [0.3, 0.4) is 0 Å². The van der Waals surface area contributed by atoms with E-state index >= 15 is 0 Å². The minimum Gasteiger partial charge on any atom is -0.372 e. The fourth-order valence-corrected chi connectivity index (χ4v) is 3.40. The highest BCUT2D eigenvalue weighted by Crippen LogP contribution is 2.31. The van der Waals surface area contributed by atoms with E-state index in [-0.39, 0.29) is 17.9 Å². The molecule has 1 aliphatic rings. The maximum Gasteiger partial charge on any atom is 0.254 e. The van der Waals surface area contributed by atoms with E-state index in [0.29, 0.717) is 29.2 Å². The van der Waals surface area contributed by atoms with Crippen LogP contribution in [0.5, 0.6) is 0 Å². The van der Waals surface area contributed by atoms with Crippen LogP contribution in [-0.4, -0.2) is 37.4 Å². The lowest BCUT2D eigenvalue weighted by Crippen LogP contribution is -2.30. The highest BCUT2D eigenvalue weighted by molar-refractivity contribution is 6.31. The molecule has 0 saturated heterocycles. The Labute approximate surface area is 158 Å². The molecule has 3 rings (SSSR count). The van der Waals surface area contributed by atoms with Crippen molar-refractivity contribution in [3.63, 3.8) is 0 Å². The van der Waals surface area contributed by atoms with Gasteiger partial charge in [-0.1, -0.05) is 29.8 Å². The first-order chi connectivity index (χ1) is 12.4. The van der Waals surface area contributed by atoms with E-state index in [9.17, 15) is 9.59 Å². The summed E-state index contributed by atoms with van der Waals surface area (Å²) in [6.45, 7) is 2.59. The van der Waals surface area contributed by atoms with Crippen LogP contribution >= 0.6 is 11.6 Å². The summed E-state index contributed by atoms with van der Waals surface area (Å²) in [5.74, 6) is -0.167. The molecular weight excluding hydrogens is 350 g/mol. The van der Waals surface area contributed by atoms with Crippen molar-refractivity contribution in [2.45, 2.75) is 19.4 Å². The van der Waals surface area contributed by atoms with Crippen molar-refractivity contribution >= 4 is 34.8 Å². The van der Waals surface area contributed by atoms with Crippen molar-refractivity contribution in [3.05, 3.63) is 58.6 Å². The van der Waals surface area contributed by atoms with E-state index < -0.39 is 0 Å². The van der Waals surface area contributed by atoms with Crippen molar-refractivity contribution in [2.75, 3.05) is 30.9 Å². The number of nitrogens with zero attached hydrogens (tertiary/aromatic N) is 2. The molecule has 0 radical (unpaired) electrons. The van der Waals surface area contributed by atoms with Gasteiger partial charge in [-0.2, -0.15) is 0 Å². The number of carbonyl (C=O) groups is 2. The summed E-state index contributed by atoms with van der Waals surface area (Å²) in [5, 5.41) is 3.52. The summed E-state index contributed by atoms with van der Waals surface area (Å²) >= 11 is 6.27. The molecule has 26 heavy (non-hydrogen) atoms. The first kappa shape index (κ1) is 18.3. The zero-order valence-corrected chi connectivity index (χ0v) is 15.9. The summed E-state index contributed by atoms with van der Waals surface area (Å²) in [5.41, 5.74) is 3.00. The van der Waals surface area contributed by atoms with Gasteiger partial charge in [0.15, 0.2) is 0 Å². The Morgan fingerprint density at radius 3 is 2.73 bits per heavy atom. The number of rotatable bonds is 3. The maximum absolute atomic E-state index is 13.0. The number of anilines is 2. The van der Waals surface area contributed by atoms with Gasteiger partial charge >= 0.3 is 0 Å². The number of fused-ring (bicyclic) bond motifs is 1. The van der Waals surface area contributed by atoms with Gasteiger partial charge in [-0.05, 0) is 36.8 Å². The Kier molecular flexibility index (Phi) is 5.18. The second-order valence-electron chi connectivity index (χ2n) is 6.57. The molecule has 2 aromatic carbocycles. The number of nitrogens with one attached hydrogen (secondary N) is 1. The lowest BCUT2D eigenvalue weighted by Gasteiger charge is -2.27. The van der Waals surface area contributed by atoms with Gasteiger partial charge in [0.1, 0.15) is 0 Å². The molecule has 0 bridgehead atoms. The minimum atomic E-state index is -0.174. The molecule has 1 unspecified atom stereocenters. The van der Waals surface area contributed by atoms with E-state index in [1.54, 1.807) is 24.1 Å². The van der Waals surface area contributed by atoms with E-state index in [1.165, 1.54) is 0 Å². The largest absolute Gasteiger partial charge is 0.372 e. The second-order valence-corrected chi connectivity index (χ2v) is 6.97. The van der Waals surface area contributed by atoms with Crippen LogP contribution in [0.1, 0.15) is 35.3 Å². The molecule has 136 valence electrons. The molecule has 1 aliphatic heterocycles. The van der Waals surface area contributed by atoms with Crippen molar-refractivity contribution < 1.29 is 9.59 Å². The van der Waals surface area contributed by atoms with Gasteiger partial charge < -0.3 is 15.1 Å². The molecule has 2 aromatic rings. The Bertz CT molecular complexity index is 853. The van der Waals surface area contributed by atoms with Crippen LogP contribution in [0.15, 0.2) is 42.5 Å². The Morgan fingerprint density at radius 2 is 2.00 bits per heavy atom. The van der Waals surface area contributed by atoms with Gasteiger partial charge in [-0.25, -0.2) is 0 Å². The van der Waals surface area contributed by atoms with E-state index in [2.05, 4.69) is 5.32 Å². The summed E-state index contributed by atoms with van der Waals surface area (Å²) in [6, 6.07) is 12.8. The quantitative estimate of drug-likeness (QED) is 0.888. The van der Waals surface area contributed by atoms with E-state index in [0.717, 1.165) is 11.3 Å². The van der Waals surface area contributed by atoms with Gasteiger partial charge in [0.05, 0.1) is 17.4 Å². The number of amides is 2.